The molecule has 0 saturated carbocycles. The smallest absolute Gasteiger partial charge is 0.303 e. The van der Waals surface area contributed by atoms with E-state index in [1.54, 1.807) is 6.20 Å². The van der Waals surface area contributed by atoms with Crippen LogP contribution < -0.4 is 0 Å². The van der Waals surface area contributed by atoms with Gasteiger partial charge in [-0.25, -0.2) is 0 Å². The molecule has 0 radical (unpaired) electrons. The molecule has 4 nitrogen and oxygen atoms in total. The van der Waals surface area contributed by atoms with E-state index in [0.717, 1.165) is 5.69 Å². The Morgan fingerprint density at radius 3 is 3.00 bits per heavy atom. The van der Waals surface area contributed by atoms with Gasteiger partial charge in [0.1, 0.15) is 0 Å². The Labute approximate surface area is 82.5 Å². The summed E-state index contributed by atoms with van der Waals surface area (Å²) < 4.78 is 5.24. The standard InChI is InChI=1S/C10H13NO3/c12-10(13)5-3-7-14-8-9-4-1-2-6-11-9/h1-2,4,6H,3,5,7-8H2,(H,12,13). The normalized spacial score (nSPS) is 10.0. The molecule has 0 unspecified atom stereocenters. The molecule has 1 aromatic rings. The zero-order valence-electron chi connectivity index (χ0n) is 7.85. The zero-order valence-corrected chi connectivity index (χ0v) is 7.85. The van der Waals surface area contributed by atoms with Gasteiger partial charge < -0.3 is 9.84 Å². The summed E-state index contributed by atoms with van der Waals surface area (Å²) in [5.41, 5.74) is 0.864. The van der Waals surface area contributed by atoms with Gasteiger partial charge in [-0.15, -0.1) is 0 Å². The maximum absolute atomic E-state index is 10.2. The van der Waals surface area contributed by atoms with Crippen LogP contribution in [0.5, 0.6) is 0 Å². The number of pyridine rings is 1. The number of hydrogen-bond acceptors (Lipinski definition) is 3. The Hall–Kier alpha value is -1.42. The Bertz CT molecular complexity index is 274. The number of rotatable bonds is 6. The van der Waals surface area contributed by atoms with Crippen LogP contribution in [-0.4, -0.2) is 22.7 Å². The number of aromatic nitrogens is 1. The first-order chi connectivity index (χ1) is 6.79. The summed E-state index contributed by atoms with van der Waals surface area (Å²) in [5, 5.41) is 8.36. The Morgan fingerprint density at radius 2 is 2.36 bits per heavy atom. The minimum Gasteiger partial charge on any atom is -0.481 e. The fourth-order valence-electron chi connectivity index (χ4n) is 0.986. The fraction of sp³-hybridized carbons (Fsp3) is 0.400. The lowest BCUT2D eigenvalue weighted by atomic mass is 10.3. The average molecular weight is 195 g/mol. The Balaban J connectivity index is 2.08. The van der Waals surface area contributed by atoms with Crippen molar-refractivity contribution in [3.63, 3.8) is 0 Å². The van der Waals surface area contributed by atoms with Crippen molar-refractivity contribution in [3.05, 3.63) is 30.1 Å². The summed E-state index contributed by atoms with van der Waals surface area (Å²) in [6.45, 7) is 0.906. The molecule has 1 rings (SSSR count). The van der Waals surface area contributed by atoms with Gasteiger partial charge in [0.25, 0.3) is 0 Å². The van der Waals surface area contributed by atoms with Crippen molar-refractivity contribution >= 4 is 5.97 Å². The molecule has 1 aromatic heterocycles. The number of aliphatic carboxylic acids is 1. The molecule has 0 aliphatic rings. The molecule has 14 heavy (non-hydrogen) atoms. The van der Waals surface area contributed by atoms with E-state index in [0.29, 0.717) is 19.6 Å². The van der Waals surface area contributed by atoms with Gasteiger partial charge in [0.15, 0.2) is 0 Å². The van der Waals surface area contributed by atoms with E-state index in [-0.39, 0.29) is 6.42 Å². The van der Waals surface area contributed by atoms with Gasteiger partial charge in [-0.2, -0.15) is 0 Å². The van der Waals surface area contributed by atoms with Crippen molar-refractivity contribution < 1.29 is 14.6 Å². The van der Waals surface area contributed by atoms with Crippen LogP contribution in [0.2, 0.25) is 0 Å². The van der Waals surface area contributed by atoms with Crippen LogP contribution in [0.4, 0.5) is 0 Å². The topological polar surface area (TPSA) is 59.4 Å². The Kier molecular flexibility index (Phi) is 4.64. The van der Waals surface area contributed by atoms with Gasteiger partial charge in [0, 0.05) is 19.2 Å². The van der Waals surface area contributed by atoms with E-state index >= 15 is 0 Å². The molecule has 0 aromatic carbocycles. The summed E-state index contributed by atoms with van der Waals surface area (Å²) in [6, 6.07) is 5.61. The second kappa shape index (κ2) is 6.10. The summed E-state index contributed by atoms with van der Waals surface area (Å²) in [7, 11) is 0. The third kappa shape index (κ3) is 4.57. The van der Waals surface area contributed by atoms with Gasteiger partial charge in [-0.05, 0) is 18.6 Å². The van der Waals surface area contributed by atoms with Gasteiger partial charge in [0.05, 0.1) is 12.3 Å². The van der Waals surface area contributed by atoms with Crippen LogP contribution in [0.1, 0.15) is 18.5 Å². The molecule has 0 bridgehead atoms. The first-order valence-corrected chi connectivity index (χ1v) is 4.48. The maximum Gasteiger partial charge on any atom is 0.303 e. The molecule has 76 valence electrons. The molecule has 0 amide bonds. The van der Waals surface area contributed by atoms with Crippen LogP contribution in [0, 0.1) is 0 Å². The third-order valence-electron chi connectivity index (χ3n) is 1.66. The predicted octanol–water partition coefficient (Wildman–Crippen LogP) is 1.46. The number of carbonyl (C=O) groups is 1. The second-order valence-electron chi connectivity index (χ2n) is 2.87. The second-order valence-corrected chi connectivity index (χ2v) is 2.87. The minimum absolute atomic E-state index is 0.155. The molecule has 1 heterocycles. The minimum atomic E-state index is -0.786. The molecular weight excluding hydrogens is 182 g/mol. The van der Waals surface area contributed by atoms with Crippen molar-refractivity contribution in [2.45, 2.75) is 19.4 Å². The van der Waals surface area contributed by atoms with Gasteiger partial charge in [-0.1, -0.05) is 6.07 Å². The van der Waals surface area contributed by atoms with Crippen molar-refractivity contribution in [2.24, 2.45) is 0 Å². The van der Waals surface area contributed by atoms with Crippen molar-refractivity contribution in [1.29, 1.82) is 0 Å². The summed E-state index contributed by atoms with van der Waals surface area (Å²) in [6.07, 6.45) is 2.40. The van der Waals surface area contributed by atoms with Crippen molar-refractivity contribution in [3.8, 4) is 0 Å². The van der Waals surface area contributed by atoms with E-state index in [9.17, 15) is 4.79 Å². The number of carboxylic acid groups (broad SMARTS) is 1. The quantitative estimate of drug-likeness (QED) is 0.698. The molecule has 0 spiro atoms. The lowest BCUT2D eigenvalue weighted by Gasteiger charge is -2.01. The predicted molar refractivity (Wildman–Crippen MR) is 50.8 cm³/mol. The molecule has 0 fully saturated rings. The van der Waals surface area contributed by atoms with Crippen LogP contribution in [0.15, 0.2) is 24.4 Å². The van der Waals surface area contributed by atoms with Gasteiger partial charge in [0.2, 0.25) is 0 Å². The van der Waals surface area contributed by atoms with E-state index in [4.69, 9.17) is 9.84 Å². The monoisotopic (exact) mass is 195 g/mol. The van der Waals surface area contributed by atoms with Crippen LogP contribution >= 0.6 is 0 Å². The van der Waals surface area contributed by atoms with Crippen LogP contribution in [-0.2, 0) is 16.1 Å². The number of ether oxygens (including phenoxy) is 1. The third-order valence-corrected chi connectivity index (χ3v) is 1.66. The molecule has 1 N–H and O–H groups in total. The lowest BCUT2D eigenvalue weighted by Crippen LogP contribution is -2.01. The molecule has 0 aliphatic carbocycles. The highest BCUT2D eigenvalue weighted by molar-refractivity contribution is 5.66. The van der Waals surface area contributed by atoms with E-state index in [1.807, 2.05) is 18.2 Å². The first kappa shape index (κ1) is 10.7. The SMILES string of the molecule is O=C(O)CCCOCc1ccccn1. The zero-order chi connectivity index (χ0) is 10.2. The first-order valence-electron chi connectivity index (χ1n) is 4.48. The summed E-state index contributed by atoms with van der Waals surface area (Å²) >= 11 is 0. The number of nitrogens with zero attached hydrogens (tertiary/aromatic N) is 1. The maximum atomic E-state index is 10.2. The van der Waals surface area contributed by atoms with Crippen molar-refractivity contribution in [1.82, 2.24) is 4.98 Å². The molecule has 0 atom stereocenters. The summed E-state index contributed by atoms with van der Waals surface area (Å²) in [5.74, 6) is -0.786. The highest BCUT2D eigenvalue weighted by Gasteiger charge is 1.97. The molecular formula is C10H13NO3. The van der Waals surface area contributed by atoms with E-state index in [2.05, 4.69) is 4.98 Å². The molecule has 4 heteroatoms. The summed E-state index contributed by atoms with van der Waals surface area (Å²) in [4.78, 5) is 14.2. The average Bonchev–Trinajstić information content (AvgIpc) is 2.18. The van der Waals surface area contributed by atoms with E-state index < -0.39 is 5.97 Å². The molecule has 0 aliphatic heterocycles. The highest BCUT2D eigenvalue weighted by atomic mass is 16.5. The highest BCUT2D eigenvalue weighted by Crippen LogP contribution is 1.97. The van der Waals surface area contributed by atoms with Gasteiger partial charge in [-0.3, -0.25) is 9.78 Å². The Morgan fingerprint density at radius 1 is 1.50 bits per heavy atom. The van der Waals surface area contributed by atoms with E-state index in [1.165, 1.54) is 0 Å². The number of carboxylic acids is 1. The van der Waals surface area contributed by atoms with Crippen molar-refractivity contribution in [2.75, 3.05) is 6.61 Å². The lowest BCUT2D eigenvalue weighted by molar-refractivity contribution is -0.137. The largest absolute Gasteiger partial charge is 0.481 e. The van der Waals surface area contributed by atoms with Gasteiger partial charge >= 0.3 is 5.97 Å². The number of hydrogen-bond donors (Lipinski definition) is 1. The fourth-order valence-corrected chi connectivity index (χ4v) is 0.986. The van der Waals surface area contributed by atoms with Crippen LogP contribution in [0.25, 0.3) is 0 Å². The molecule has 0 saturated heterocycles. The van der Waals surface area contributed by atoms with Crippen LogP contribution in [0.3, 0.4) is 0 Å².